The second kappa shape index (κ2) is 7.50. The van der Waals surface area contributed by atoms with Crippen LogP contribution in [-0.4, -0.2) is 14.9 Å². The van der Waals surface area contributed by atoms with Crippen LogP contribution in [0.25, 0.3) is 11.4 Å². The number of nitrogens with two attached hydrogens (primary N) is 1. The van der Waals surface area contributed by atoms with E-state index in [9.17, 15) is 13.2 Å². The van der Waals surface area contributed by atoms with E-state index in [1.165, 1.54) is 22.4 Å². The second-order valence-electron chi connectivity index (χ2n) is 7.45. The molecular weight excluding hydrogens is 385 g/mol. The molecule has 3 aromatic rings. The van der Waals surface area contributed by atoms with Crippen molar-refractivity contribution in [1.82, 2.24) is 14.9 Å². The van der Waals surface area contributed by atoms with Crippen LogP contribution in [0.4, 0.5) is 13.2 Å². The Kier molecular flexibility index (Phi) is 5.43. The largest absolute Gasteiger partial charge is 0.416 e. The molecule has 28 heavy (non-hydrogen) atoms. The van der Waals surface area contributed by atoms with Gasteiger partial charge in [-0.3, -0.25) is 0 Å². The maximum Gasteiger partial charge on any atom is 0.416 e. The average molecular weight is 406 g/mol. The summed E-state index contributed by atoms with van der Waals surface area (Å²) < 4.78 is 40.7. The average Bonchev–Trinajstić information content (AvgIpc) is 2.99. The fourth-order valence-corrected chi connectivity index (χ4v) is 3.62. The SMILES string of the molecule is CC(C)(C)c1ccc(-c2nnc(SCc3ccccc3C(F)(F)F)n2N)cc1. The van der Waals surface area contributed by atoms with Gasteiger partial charge in [0.15, 0.2) is 5.82 Å². The Morgan fingerprint density at radius 2 is 1.61 bits per heavy atom. The van der Waals surface area contributed by atoms with E-state index in [4.69, 9.17) is 5.84 Å². The van der Waals surface area contributed by atoms with Crippen LogP contribution in [0.3, 0.4) is 0 Å². The summed E-state index contributed by atoms with van der Waals surface area (Å²) in [4.78, 5) is 0. The molecule has 0 radical (unpaired) electrons. The van der Waals surface area contributed by atoms with Crippen LogP contribution >= 0.6 is 11.8 Å². The third-order valence-electron chi connectivity index (χ3n) is 4.35. The zero-order valence-electron chi connectivity index (χ0n) is 15.8. The lowest BCUT2D eigenvalue weighted by atomic mass is 9.87. The lowest BCUT2D eigenvalue weighted by Gasteiger charge is -2.19. The van der Waals surface area contributed by atoms with Crippen molar-refractivity contribution in [2.75, 3.05) is 5.84 Å². The Hall–Kier alpha value is -2.48. The molecule has 0 saturated heterocycles. The Labute approximate surface area is 165 Å². The summed E-state index contributed by atoms with van der Waals surface area (Å²) in [5, 5.41) is 8.50. The van der Waals surface area contributed by atoms with Gasteiger partial charge in [0.25, 0.3) is 0 Å². The first-order valence-electron chi connectivity index (χ1n) is 8.66. The highest BCUT2D eigenvalue weighted by Gasteiger charge is 2.32. The van der Waals surface area contributed by atoms with Gasteiger partial charge in [0, 0.05) is 11.3 Å². The smallest absolute Gasteiger partial charge is 0.335 e. The fourth-order valence-electron chi connectivity index (χ4n) is 2.76. The van der Waals surface area contributed by atoms with Gasteiger partial charge in [0.1, 0.15) is 0 Å². The van der Waals surface area contributed by atoms with Gasteiger partial charge in [-0.1, -0.05) is 75.0 Å². The highest BCUT2D eigenvalue weighted by atomic mass is 32.2. The maximum atomic E-state index is 13.1. The molecule has 3 rings (SSSR count). The molecule has 2 N–H and O–H groups in total. The molecule has 0 aliphatic rings. The molecule has 0 atom stereocenters. The zero-order chi connectivity index (χ0) is 20.5. The minimum absolute atomic E-state index is 0.0296. The molecule has 1 aromatic heterocycles. The number of hydrogen-bond donors (Lipinski definition) is 1. The summed E-state index contributed by atoms with van der Waals surface area (Å²) >= 11 is 1.12. The van der Waals surface area contributed by atoms with E-state index in [1.807, 2.05) is 24.3 Å². The normalized spacial score (nSPS) is 12.4. The van der Waals surface area contributed by atoms with Gasteiger partial charge in [-0.25, -0.2) is 4.68 Å². The number of thioether (sulfide) groups is 1. The van der Waals surface area contributed by atoms with Gasteiger partial charge in [-0.05, 0) is 22.6 Å². The number of halogens is 3. The molecule has 1 heterocycles. The van der Waals surface area contributed by atoms with Crippen LogP contribution in [0.2, 0.25) is 0 Å². The number of hydrogen-bond acceptors (Lipinski definition) is 4. The van der Waals surface area contributed by atoms with Crippen molar-refractivity contribution in [3.63, 3.8) is 0 Å². The number of nitrogens with zero attached hydrogens (tertiary/aromatic N) is 3. The quantitative estimate of drug-likeness (QED) is 0.474. The molecule has 0 spiro atoms. The van der Waals surface area contributed by atoms with Crippen molar-refractivity contribution in [1.29, 1.82) is 0 Å². The Morgan fingerprint density at radius 1 is 0.964 bits per heavy atom. The summed E-state index contributed by atoms with van der Waals surface area (Å²) in [6.45, 7) is 6.38. The lowest BCUT2D eigenvalue weighted by molar-refractivity contribution is -0.138. The van der Waals surface area contributed by atoms with Crippen LogP contribution in [-0.2, 0) is 17.3 Å². The van der Waals surface area contributed by atoms with Gasteiger partial charge >= 0.3 is 6.18 Å². The Bertz CT molecular complexity index is 957. The molecule has 0 aliphatic heterocycles. The lowest BCUT2D eigenvalue weighted by Crippen LogP contribution is -2.13. The number of benzene rings is 2. The molecule has 0 saturated carbocycles. The van der Waals surface area contributed by atoms with E-state index in [0.717, 1.165) is 23.4 Å². The van der Waals surface area contributed by atoms with Crippen molar-refractivity contribution in [3.05, 3.63) is 65.2 Å². The predicted octanol–water partition coefficient (Wildman–Crippen LogP) is 5.27. The minimum atomic E-state index is -4.40. The predicted molar refractivity (Wildman–Crippen MR) is 105 cm³/mol. The molecule has 0 bridgehead atoms. The standard InChI is InChI=1S/C20H21F3N4S/c1-19(2,3)15-10-8-13(9-11-15)17-25-26-18(27(17)24)28-12-14-6-4-5-7-16(14)20(21,22)23/h4-11H,12,24H2,1-3H3. The molecule has 4 nitrogen and oxygen atoms in total. The number of nitrogen functional groups attached to an aromatic ring is 1. The third-order valence-corrected chi connectivity index (χ3v) is 5.35. The second-order valence-corrected chi connectivity index (χ2v) is 8.39. The topological polar surface area (TPSA) is 56.7 Å². The van der Waals surface area contributed by atoms with Crippen LogP contribution in [0, 0.1) is 0 Å². The summed E-state index contributed by atoms with van der Waals surface area (Å²) in [5.74, 6) is 6.65. The number of aromatic nitrogens is 3. The van der Waals surface area contributed by atoms with E-state index >= 15 is 0 Å². The first-order valence-corrected chi connectivity index (χ1v) is 9.65. The molecular formula is C20H21F3N4S. The van der Waals surface area contributed by atoms with Gasteiger partial charge in [0.2, 0.25) is 5.16 Å². The van der Waals surface area contributed by atoms with Crippen molar-refractivity contribution < 1.29 is 13.2 Å². The first kappa shape index (κ1) is 20.3. The molecule has 0 aliphatic carbocycles. The van der Waals surface area contributed by atoms with Crippen molar-refractivity contribution in [2.24, 2.45) is 0 Å². The molecule has 2 aromatic carbocycles. The first-order chi connectivity index (χ1) is 13.1. The van der Waals surface area contributed by atoms with E-state index in [-0.39, 0.29) is 16.7 Å². The van der Waals surface area contributed by atoms with E-state index < -0.39 is 11.7 Å². The van der Waals surface area contributed by atoms with Crippen LogP contribution in [0.15, 0.2) is 53.7 Å². The summed E-state index contributed by atoms with van der Waals surface area (Å²) in [5.41, 5.74) is 1.54. The summed E-state index contributed by atoms with van der Waals surface area (Å²) in [7, 11) is 0. The van der Waals surface area contributed by atoms with E-state index in [2.05, 4.69) is 31.0 Å². The highest BCUT2D eigenvalue weighted by molar-refractivity contribution is 7.98. The van der Waals surface area contributed by atoms with Gasteiger partial charge in [-0.2, -0.15) is 13.2 Å². The highest BCUT2D eigenvalue weighted by Crippen LogP contribution is 2.34. The molecule has 0 fully saturated rings. The Morgan fingerprint density at radius 3 is 2.21 bits per heavy atom. The maximum absolute atomic E-state index is 13.1. The summed E-state index contributed by atoms with van der Waals surface area (Å²) in [6, 6.07) is 13.3. The minimum Gasteiger partial charge on any atom is -0.335 e. The Balaban J connectivity index is 1.80. The molecule has 0 unspecified atom stereocenters. The van der Waals surface area contributed by atoms with Crippen LogP contribution < -0.4 is 5.84 Å². The zero-order valence-corrected chi connectivity index (χ0v) is 16.6. The van der Waals surface area contributed by atoms with Gasteiger partial charge in [0.05, 0.1) is 5.56 Å². The molecule has 0 amide bonds. The van der Waals surface area contributed by atoms with Gasteiger partial charge in [-0.15, -0.1) is 10.2 Å². The fraction of sp³-hybridized carbons (Fsp3) is 0.300. The van der Waals surface area contributed by atoms with Gasteiger partial charge < -0.3 is 5.84 Å². The number of rotatable bonds is 4. The third kappa shape index (κ3) is 4.32. The van der Waals surface area contributed by atoms with Crippen molar-refractivity contribution in [2.45, 2.75) is 43.3 Å². The van der Waals surface area contributed by atoms with Crippen LogP contribution in [0.1, 0.15) is 37.5 Å². The van der Waals surface area contributed by atoms with Crippen molar-refractivity contribution >= 4 is 11.8 Å². The van der Waals surface area contributed by atoms with E-state index in [1.54, 1.807) is 6.07 Å². The monoisotopic (exact) mass is 406 g/mol. The number of alkyl halides is 3. The summed E-state index contributed by atoms with van der Waals surface area (Å²) in [6.07, 6.45) is -4.40. The van der Waals surface area contributed by atoms with E-state index in [0.29, 0.717) is 11.0 Å². The molecule has 8 heteroatoms. The van der Waals surface area contributed by atoms with Crippen LogP contribution in [0.5, 0.6) is 0 Å². The van der Waals surface area contributed by atoms with Crippen molar-refractivity contribution in [3.8, 4) is 11.4 Å². The molecule has 148 valence electrons.